The number of nitrogen functional groups attached to an aromatic ring is 2. The summed E-state index contributed by atoms with van der Waals surface area (Å²) < 4.78 is 144. The van der Waals surface area contributed by atoms with Crippen molar-refractivity contribution in [2.24, 2.45) is 0 Å². The third kappa shape index (κ3) is 3.43. The molecule has 1 aromatic carbocycles. The van der Waals surface area contributed by atoms with E-state index in [1.54, 1.807) is 0 Å². The van der Waals surface area contributed by atoms with Crippen molar-refractivity contribution in [3.63, 3.8) is 0 Å². The molecule has 1 aromatic heterocycles. The van der Waals surface area contributed by atoms with Gasteiger partial charge in [0.15, 0.2) is 5.82 Å². The quantitative estimate of drug-likeness (QED) is 0.658. The summed E-state index contributed by atoms with van der Waals surface area (Å²) in [6, 6.07) is 1.32. The van der Waals surface area contributed by atoms with Crippen molar-refractivity contribution in [2.75, 3.05) is 11.5 Å². The van der Waals surface area contributed by atoms with Crippen LogP contribution in [0.15, 0.2) is 24.3 Å². The number of aromatic nitrogens is 3. The van der Waals surface area contributed by atoms with Gasteiger partial charge in [-0.15, -0.1) is 0 Å². The average Bonchev–Trinajstić information content (AvgIpc) is 2.59. The number of anilines is 2. The van der Waals surface area contributed by atoms with Crippen molar-refractivity contribution < 1.29 is 48.3 Å². The van der Waals surface area contributed by atoms with Crippen molar-refractivity contribution in [2.45, 2.75) is 29.9 Å². The van der Waals surface area contributed by atoms with Crippen molar-refractivity contribution in [3.05, 3.63) is 29.8 Å². The van der Waals surface area contributed by atoms with Crippen LogP contribution in [-0.4, -0.2) is 38.9 Å². The van der Waals surface area contributed by atoms with Crippen LogP contribution in [0, 0.1) is 0 Å². The first-order valence-electron chi connectivity index (χ1n) is 7.32. The zero-order valence-electron chi connectivity index (χ0n) is 14.0. The molecule has 0 aliphatic carbocycles. The van der Waals surface area contributed by atoms with Gasteiger partial charge in [0.25, 0.3) is 0 Å². The van der Waals surface area contributed by atoms with Gasteiger partial charge in [0.1, 0.15) is 0 Å². The van der Waals surface area contributed by atoms with E-state index < -0.39 is 47.3 Å². The number of nitrogens with zero attached hydrogens (tertiary/aromatic N) is 3. The molecule has 30 heavy (non-hydrogen) atoms. The lowest BCUT2D eigenvalue weighted by Gasteiger charge is -2.37. The second-order valence-electron chi connectivity index (χ2n) is 5.75. The summed E-state index contributed by atoms with van der Waals surface area (Å²) in [6.45, 7) is 0. The second-order valence-corrected chi connectivity index (χ2v) is 5.75. The van der Waals surface area contributed by atoms with Crippen molar-refractivity contribution in [3.8, 4) is 11.4 Å². The van der Waals surface area contributed by atoms with Crippen LogP contribution in [-0.2, 0) is 5.92 Å². The predicted molar refractivity (Wildman–Crippen MR) is 78.9 cm³/mol. The first-order chi connectivity index (χ1) is 13.4. The molecule has 0 bridgehead atoms. The first-order valence-corrected chi connectivity index (χ1v) is 7.32. The maximum Gasteiger partial charge on any atom is 0.460 e. The van der Waals surface area contributed by atoms with Gasteiger partial charge in [-0.1, -0.05) is 24.3 Å². The van der Waals surface area contributed by atoms with Gasteiger partial charge < -0.3 is 11.5 Å². The number of halogens is 11. The highest BCUT2D eigenvalue weighted by Crippen LogP contribution is 2.59. The number of hydrogen-bond acceptors (Lipinski definition) is 5. The topological polar surface area (TPSA) is 90.7 Å². The summed E-state index contributed by atoms with van der Waals surface area (Å²) >= 11 is 0. The molecule has 0 spiro atoms. The highest BCUT2D eigenvalue weighted by atomic mass is 19.4. The number of alkyl halides is 11. The van der Waals surface area contributed by atoms with Gasteiger partial charge in [-0.3, -0.25) is 0 Å². The lowest BCUT2D eigenvalue weighted by Crippen LogP contribution is -2.65. The Hall–Kier alpha value is -2.94. The van der Waals surface area contributed by atoms with E-state index in [2.05, 4.69) is 15.0 Å². The van der Waals surface area contributed by atoms with Crippen LogP contribution in [0.25, 0.3) is 11.4 Å². The standard InChI is InChI=1S/C14H8F11N5/c15-10(16,11(17,18)12(19,20)13(21,22)14(23,24)25)6-3-1-5(2-4-6)7-28-8(26)30-9(27)29-7/h1-4H,(H4,26,27,28,29,30). The van der Waals surface area contributed by atoms with Crippen molar-refractivity contribution in [1.82, 2.24) is 15.0 Å². The Bertz CT molecular complexity index is 905. The summed E-state index contributed by atoms with van der Waals surface area (Å²) in [5, 5.41) is 0. The van der Waals surface area contributed by atoms with E-state index in [9.17, 15) is 48.3 Å². The molecule has 0 aliphatic rings. The monoisotopic (exact) mass is 455 g/mol. The lowest BCUT2D eigenvalue weighted by molar-refractivity contribution is -0.424. The highest BCUT2D eigenvalue weighted by molar-refractivity contribution is 5.58. The van der Waals surface area contributed by atoms with Crippen LogP contribution in [0.1, 0.15) is 5.56 Å². The molecule has 2 aromatic rings. The molecule has 16 heteroatoms. The van der Waals surface area contributed by atoms with Crippen LogP contribution in [0.4, 0.5) is 60.2 Å². The molecule has 2 rings (SSSR count). The Labute approximate surface area is 158 Å². The molecule has 1 heterocycles. The fourth-order valence-electron chi connectivity index (χ4n) is 2.12. The first kappa shape index (κ1) is 23.3. The smallest absolute Gasteiger partial charge is 0.368 e. The van der Waals surface area contributed by atoms with E-state index in [1.165, 1.54) is 0 Å². The van der Waals surface area contributed by atoms with Gasteiger partial charge in [0.2, 0.25) is 11.9 Å². The molecule has 0 saturated heterocycles. The summed E-state index contributed by atoms with van der Waals surface area (Å²) in [6.07, 6.45) is -7.22. The van der Waals surface area contributed by atoms with Crippen molar-refractivity contribution in [1.29, 1.82) is 0 Å². The third-order valence-electron chi connectivity index (χ3n) is 3.71. The summed E-state index contributed by atoms with van der Waals surface area (Å²) in [7, 11) is 0. The van der Waals surface area contributed by atoms with Gasteiger partial charge in [0.05, 0.1) is 0 Å². The molecule has 0 saturated carbocycles. The molecule has 0 atom stereocenters. The molecule has 4 N–H and O–H groups in total. The van der Waals surface area contributed by atoms with E-state index in [0.29, 0.717) is 12.1 Å². The van der Waals surface area contributed by atoms with Crippen LogP contribution in [0.2, 0.25) is 0 Å². The Morgan fingerprint density at radius 3 is 1.40 bits per heavy atom. The molecule has 0 radical (unpaired) electrons. The number of nitrogens with two attached hydrogens (primary N) is 2. The van der Waals surface area contributed by atoms with Gasteiger partial charge in [-0.25, -0.2) is 0 Å². The molecule has 0 fully saturated rings. The number of benzene rings is 1. The Balaban J connectivity index is 2.49. The van der Waals surface area contributed by atoms with Gasteiger partial charge >= 0.3 is 29.9 Å². The average molecular weight is 455 g/mol. The fraction of sp³-hybridized carbons (Fsp3) is 0.357. The molecule has 0 unspecified atom stereocenters. The third-order valence-corrected chi connectivity index (χ3v) is 3.71. The fourth-order valence-corrected chi connectivity index (χ4v) is 2.12. The molecular weight excluding hydrogens is 447 g/mol. The maximum atomic E-state index is 14.0. The van der Waals surface area contributed by atoms with E-state index in [1.807, 2.05) is 0 Å². The lowest BCUT2D eigenvalue weighted by atomic mass is 9.92. The van der Waals surface area contributed by atoms with E-state index in [-0.39, 0.29) is 23.5 Å². The Kier molecular flexibility index (Phi) is 5.29. The van der Waals surface area contributed by atoms with E-state index >= 15 is 0 Å². The maximum absolute atomic E-state index is 14.0. The molecule has 166 valence electrons. The minimum Gasteiger partial charge on any atom is -0.368 e. The molecule has 0 amide bonds. The van der Waals surface area contributed by atoms with E-state index in [0.717, 1.165) is 0 Å². The second kappa shape index (κ2) is 6.80. The number of hydrogen-bond donors (Lipinski definition) is 2. The number of rotatable bonds is 5. The zero-order chi connectivity index (χ0) is 23.3. The Morgan fingerprint density at radius 1 is 0.567 bits per heavy atom. The predicted octanol–water partition coefficient (Wildman–Crippen LogP) is 4.26. The van der Waals surface area contributed by atoms with Crippen LogP contribution < -0.4 is 11.5 Å². The summed E-state index contributed by atoms with van der Waals surface area (Å²) in [5.74, 6) is -29.4. The van der Waals surface area contributed by atoms with E-state index in [4.69, 9.17) is 11.5 Å². The zero-order valence-corrected chi connectivity index (χ0v) is 14.0. The van der Waals surface area contributed by atoms with Gasteiger partial charge in [-0.05, 0) is 0 Å². The molecular formula is C14H8F11N5. The van der Waals surface area contributed by atoms with Crippen LogP contribution in [0.3, 0.4) is 0 Å². The molecule has 5 nitrogen and oxygen atoms in total. The highest BCUT2D eigenvalue weighted by Gasteiger charge is 2.87. The molecule has 0 aliphatic heterocycles. The van der Waals surface area contributed by atoms with Crippen LogP contribution >= 0.6 is 0 Å². The summed E-state index contributed by atoms with van der Waals surface area (Å²) in [5.41, 5.74) is 8.34. The Morgan fingerprint density at radius 2 is 1.00 bits per heavy atom. The SMILES string of the molecule is Nc1nc(N)nc(-c2ccc(C(F)(F)C(F)(F)C(F)(F)C(F)(F)C(F)(F)F)cc2)n1. The minimum atomic E-state index is -7.49. The van der Waals surface area contributed by atoms with Crippen molar-refractivity contribution >= 4 is 11.9 Å². The van der Waals surface area contributed by atoms with Gasteiger partial charge in [0, 0.05) is 11.1 Å². The normalized spacial score (nSPS) is 14.1. The minimum absolute atomic E-state index is 0.0845. The van der Waals surface area contributed by atoms with Gasteiger partial charge in [-0.2, -0.15) is 63.2 Å². The van der Waals surface area contributed by atoms with Crippen LogP contribution in [0.5, 0.6) is 0 Å². The summed E-state index contributed by atoms with van der Waals surface area (Å²) in [4.78, 5) is 10.5. The largest absolute Gasteiger partial charge is 0.460 e.